The lowest BCUT2D eigenvalue weighted by Gasteiger charge is -2.05. The molecule has 96 valence electrons. The van der Waals surface area contributed by atoms with Crippen LogP contribution in [0.3, 0.4) is 0 Å². The molecule has 0 unspecified atom stereocenters. The van der Waals surface area contributed by atoms with Crippen LogP contribution in [0.1, 0.15) is 32.2 Å². The van der Waals surface area contributed by atoms with Gasteiger partial charge >= 0.3 is 0 Å². The first-order chi connectivity index (χ1) is 8.50. The number of nitrogens with one attached hydrogen (secondary N) is 1. The maximum atomic E-state index is 12.0. The molecule has 2 aromatic heterocycles. The third-order valence-corrected chi connectivity index (χ3v) is 4.17. The van der Waals surface area contributed by atoms with Crippen molar-refractivity contribution in [3.8, 4) is 0 Å². The number of carbonyl (C=O) groups is 1. The number of carbonyl (C=O) groups excluding carboxylic acids is 1. The van der Waals surface area contributed by atoms with Gasteiger partial charge in [0.25, 0.3) is 5.91 Å². The van der Waals surface area contributed by atoms with E-state index in [2.05, 4.69) is 10.4 Å². The van der Waals surface area contributed by atoms with Crippen molar-refractivity contribution in [3.05, 3.63) is 38.8 Å². The summed E-state index contributed by atoms with van der Waals surface area (Å²) < 4.78 is 1.84. The molecule has 0 atom stereocenters. The van der Waals surface area contributed by atoms with Gasteiger partial charge in [-0.1, -0.05) is 0 Å². The van der Waals surface area contributed by atoms with Crippen molar-refractivity contribution in [2.75, 3.05) is 0 Å². The van der Waals surface area contributed by atoms with Crippen molar-refractivity contribution in [2.45, 2.75) is 27.3 Å². The van der Waals surface area contributed by atoms with Crippen LogP contribution in [0.5, 0.6) is 0 Å². The summed E-state index contributed by atoms with van der Waals surface area (Å²) in [5.41, 5.74) is 4.19. The molecule has 0 aliphatic heterocycles. The molecular weight excluding hydrogens is 246 g/mol. The topological polar surface area (TPSA) is 46.9 Å². The van der Waals surface area contributed by atoms with Gasteiger partial charge in [-0.2, -0.15) is 5.10 Å². The summed E-state index contributed by atoms with van der Waals surface area (Å²) in [5, 5.41) is 9.23. The molecule has 0 saturated carbocycles. The highest BCUT2D eigenvalue weighted by Crippen LogP contribution is 2.16. The Morgan fingerprint density at radius 3 is 2.67 bits per heavy atom. The molecule has 0 aliphatic carbocycles. The lowest BCUT2D eigenvalue weighted by Crippen LogP contribution is -2.23. The van der Waals surface area contributed by atoms with Gasteiger partial charge in [0.1, 0.15) is 0 Å². The quantitative estimate of drug-likeness (QED) is 0.924. The molecule has 0 saturated heterocycles. The highest BCUT2D eigenvalue weighted by atomic mass is 32.1. The van der Waals surface area contributed by atoms with Crippen molar-refractivity contribution in [1.82, 2.24) is 15.1 Å². The molecule has 5 heteroatoms. The molecule has 0 radical (unpaired) electrons. The van der Waals surface area contributed by atoms with Gasteiger partial charge in [-0.05, 0) is 37.8 Å². The predicted molar refractivity (Wildman–Crippen MR) is 72.9 cm³/mol. The highest BCUT2D eigenvalue weighted by molar-refractivity contribution is 7.12. The van der Waals surface area contributed by atoms with Crippen LogP contribution in [0.15, 0.2) is 11.4 Å². The average molecular weight is 263 g/mol. The normalized spacial score (nSPS) is 10.7. The Bertz CT molecular complexity index is 583. The summed E-state index contributed by atoms with van der Waals surface area (Å²) in [7, 11) is 1.91. The van der Waals surface area contributed by atoms with Gasteiger partial charge in [-0.15, -0.1) is 11.3 Å². The van der Waals surface area contributed by atoms with Crippen LogP contribution in [0.25, 0.3) is 0 Å². The van der Waals surface area contributed by atoms with E-state index in [1.165, 1.54) is 11.3 Å². The molecule has 4 nitrogen and oxygen atoms in total. The van der Waals surface area contributed by atoms with Crippen LogP contribution in [0.2, 0.25) is 0 Å². The third kappa shape index (κ3) is 2.31. The average Bonchev–Trinajstić information content (AvgIpc) is 2.83. The lowest BCUT2D eigenvalue weighted by molar-refractivity contribution is 0.0954. The van der Waals surface area contributed by atoms with Crippen LogP contribution < -0.4 is 5.32 Å². The van der Waals surface area contributed by atoms with E-state index in [9.17, 15) is 4.79 Å². The summed E-state index contributed by atoms with van der Waals surface area (Å²) in [6, 6.07) is 1.96. The second-order valence-electron chi connectivity index (χ2n) is 4.39. The van der Waals surface area contributed by atoms with Crippen LogP contribution in [0, 0.1) is 20.8 Å². The van der Waals surface area contributed by atoms with Gasteiger partial charge in [0.2, 0.25) is 0 Å². The second kappa shape index (κ2) is 4.94. The molecule has 1 N–H and O–H groups in total. The minimum atomic E-state index is -0.00912. The molecule has 0 aliphatic rings. The fourth-order valence-electron chi connectivity index (χ4n) is 1.93. The van der Waals surface area contributed by atoms with E-state index in [0.717, 1.165) is 27.4 Å². The number of amides is 1. The number of thiophene rings is 1. The van der Waals surface area contributed by atoms with Gasteiger partial charge in [0, 0.05) is 24.8 Å². The molecule has 2 rings (SSSR count). The fourth-order valence-corrected chi connectivity index (χ4v) is 2.77. The van der Waals surface area contributed by atoms with Crippen LogP contribution in [-0.4, -0.2) is 15.7 Å². The summed E-state index contributed by atoms with van der Waals surface area (Å²) in [5.74, 6) is -0.00912. The largest absolute Gasteiger partial charge is 0.347 e. The molecule has 18 heavy (non-hydrogen) atoms. The maximum absolute atomic E-state index is 12.0. The first-order valence-electron chi connectivity index (χ1n) is 5.82. The second-order valence-corrected chi connectivity index (χ2v) is 5.30. The number of rotatable bonds is 3. The molecular formula is C13H17N3OS. The molecule has 2 aromatic rings. The predicted octanol–water partition coefficient (Wildman–Crippen LogP) is 2.34. The minimum absolute atomic E-state index is 0.00912. The van der Waals surface area contributed by atoms with Crippen molar-refractivity contribution >= 4 is 17.2 Å². The fraction of sp³-hybridized carbons (Fsp3) is 0.385. The Kier molecular flexibility index (Phi) is 3.52. The third-order valence-electron chi connectivity index (χ3n) is 3.15. The van der Waals surface area contributed by atoms with E-state index < -0.39 is 0 Å². The number of hydrogen-bond donors (Lipinski definition) is 1. The molecule has 0 fully saturated rings. The van der Waals surface area contributed by atoms with Crippen LogP contribution in [-0.2, 0) is 13.6 Å². The van der Waals surface area contributed by atoms with Crippen molar-refractivity contribution < 1.29 is 4.79 Å². The SMILES string of the molecule is Cc1ccsc1C(=O)NCc1c(C)nn(C)c1C. The zero-order valence-corrected chi connectivity index (χ0v) is 11.9. The van der Waals surface area contributed by atoms with Crippen LogP contribution >= 0.6 is 11.3 Å². The number of aromatic nitrogens is 2. The Balaban J connectivity index is 2.09. The Hall–Kier alpha value is -1.62. The monoisotopic (exact) mass is 263 g/mol. The lowest BCUT2D eigenvalue weighted by atomic mass is 10.2. The van der Waals surface area contributed by atoms with E-state index in [1.807, 2.05) is 43.9 Å². The number of aryl methyl sites for hydroxylation is 3. The zero-order valence-electron chi connectivity index (χ0n) is 11.1. The highest BCUT2D eigenvalue weighted by Gasteiger charge is 2.13. The summed E-state index contributed by atoms with van der Waals surface area (Å²) in [4.78, 5) is 12.8. The van der Waals surface area contributed by atoms with Gasteiger partial charge in [-0.3, -0.25) is 9.48 Å². The molecule has 0 bridgehead atoms. The zero-order chi connectivity index (χ0) is 13.3. The van der Waals surface area contributed by atoms with E-state index in [4.69, 9.17) is 0 Å². The van der Waals surface area contributed by atoms with E-state index >= 15 is 0 Å². The standard InChI is InChI=1S/C13H17N3OS/c1-8-5-6-18-12(8)13(17)14-7-11-9(2)15-16(4)10(11)3/h5-6H,7H2,1-4H3,(H,14,17). The molecule has 1 amide bonds. The van der Waals surface area contributed by atoms with E-state index in [1.54, 1.807) is 0 Å². The van der Waals surface area contributed by atoms with Crippen molar-refractivity contribution in [2.24, 2.45) is 7.05 Å². The van der Waals surface area contributed by atoms with E-state index in [-0.39, 0.29) is 5.91 Å². The van der Waals surface area contributed by atoms with Crippen molar-refractivity contribution in [1.29, 1.82) is 0 Å². The molecule has 0 spiro atoms. The van der Waals surface area contributed by atoms with E-state index in [0.29, 0.717) is 6.54 Å². The molecule has 0 aromatic carbocycles. The summed E-state index contributed by atoms with van der Waals surface area (Å²) in [6.45, 7) is 6.45. The first-order valence-corrected chi connectivity index (χ1v) is 6.70. The number of nitrogens with zero attached hydrogens (tertiary/aromatic N) is 2. The summed E-state index contributed by atoms with van der Waals surface area (Å²) >= 11 is 1.47. The number of hydrogen-bond acceptors (Lipinski definition) is 3. The van der Waals surface area contributed by atoms with Crippen LogP contribution in [0.4, 0.5) is 0 Å². The molecule has 2 heterocycles. The van der Waals surface area contributed by atoms with Gasteiger partial charge in [-0.25, -0.2) is 0 Å². The minimum Gasteiger partial charge on any atom is -0.347 e. The summed E-state index contributed by atoms with van der Waals surface area (Å²) in [6.07, 6.45) is 0. The maximum Gasteiger partial charge on any atom is 0.261 e. The van der Waals surface area contributed by atoms with Crippen molar-refractivity contribution in [3.63, 3.8) is 0 Å². The first kappa shape index (κ1) is 12.8. The smallest absolute Gasteiger partial charge is 0.261 e. The van der Waals surface area contributed by atoms with Gasteiger partial charge < -0.3 is 5.32 Å². The Morgan fingerprint density at radius 2 is 2.17 bits per heavy atom. The van der Waals surface area contributed by atoms with Gasteiger partial charge in [0.15, 0.2) is 0 Å². The van der Waals surface area contributed by atoms with Gasteiger partial charge in [0.05, 0.1) is 10.6 Å². The Labute approximate surface area is 111 Å². The Morgan fingerprint density at radius 1 is 1.44 bits per heavy atom.